The number of carbonyl (C=O) groups is 2. The lowest BCUT2D eigenvalue weighted by molar-refractivity contribution is -0.119. The number of hydrogen-bond acceptors (Lipinski definition) is 5. The molecule has 0 radical (unpaired) electrons. The van der Waals surface area contributed by atoms with E-state index < -0.39 is 0 Å². The Morgan fingerprint density at radius 2 is 1.93 bits per heavy atom. The minimum atomic E-state index is -0.316. The van der Waals surface area contributed by atoms with Gasteiger partial charge in [0.15, 0.2) is 0 Å². The van der Waals surface area contributed by atoms with E-state index in [-0.39, 0.29) is 30.2 Å². The molecule has 1 N–H and O–H groups in total. The van der Waals surface area contributed by atoms with Gasteiger partial charge in [0.25, 0.3) is 0 Å². The largest absolute Gasteiger partial charge is 0.462 e. The molecule has 0 spiro atoms. The van der Waals surface area contributed by atoms with E-state index in [2.05, 4.69) is 34.5 Å². The molecule has 0 bridgehead atoms. The number of carbonyl (C=O) groups excluding carboxylic acids is 2. The number of amides is 1. The third-order valence-electron chi connectivity index (χ3n) is 5.83. The number of hydrogen-bond donors (Lipinski definition) is 1. The van der Waals surface area contributed by atoms with Crippen molar-refractivity contribution in [1.82, 2.24) is 4.90 Å². The molecule has 2 heterocycles. The van der Waals surface area contributed by atoms with Gasteiger partial charge in [-0.2, -0.15) is 0 Å². The van der Waals surface area contributed by atoms with Crippen LogP contribution < -0.4 is 5.32 Å². The van der Waals surface area contributed by atoms with Crippen molar-refractivity contribution in [2.75, 3.05) is 18.5 Å². The second-order valence-corrected chi connectivity index (χ2v) is 8.95. The van der Waals surface area contributed by atoms with Crippen molar-refractivity contribution in [3.63, 3.8) is 0 Å². The summed E-state index contributed by atoms with van der Waals surface area (Å²) in [6.45, 7) is 4.72. The van der Waals surface area contributed by atoms with E-state index in [4.69, 9.17) is 4.74 Å². The van der Waals surface area contributed by atoms with Crippen molar-refractivity contribution in [3.8, 4) is 0 Å². The Hall–Kier alpha value is -1.89. The summed E-state index contributed by atoms with van der Waals surface area (Å²) >= 11 is 1.54. The standard InChI is InChI=1S/C23H28N2O3S.ClH/c1-2-28-23(27)20-18-12-13-25(14-16-8-4-3-5-9-16)15-19(18)29-22(20)24-21(26)17-10-6-7-11-17;/h3-5,8-9,17H,2,6-7,10-15H2,1H3,(H,24,26);1H. The van der Waals surface area contributed by atoms with Gasteiger partial charge >= 0.3 is 5.97 Å². The highest BCUT2D eigenvalue weighted by molar-refractivity contribution is 7.17. The Kier molecular flexibility index (Phi) is 7.92. The molecule has 1 aromatic carbocycles. The molecule has 2 aliphatic rings. The van der Waals surface area contributed by atoms with Crippen LogP contribution in [0.4, 0.5) is 5.00 Å². The van der Waals surface area contributed by atoms with Crippen LogP contribution in [0.2, 0.25) is 0 Å². The molecule has 0 saturated heterocycles. The highest BCUT2D eigenvalue weighted by Crippen LogP contribution is 2.39. The molecule has 5 nitrogen and oxygen atoms in total. The van der Waals surface area contributed by atoms with Crippen molar-refractivity contribution in [2.24, 2.45) is 5.92 Å². The fourth-order valence-corrected chi connectivity index (χ4v) is 5.62. The van der Waals surface area contributed by atoms with Crippen LogP contribution in [0.3, 0.4) is 0 Å². The monoisotopic (exact) mass is 448 g/mol. The van der Waals surface area contributed by atoms with Crippen LogP contribution >= 0.6 is 23.7 Å². The molecule has 1 aliphatic heterocycles. The zero-order chi connectivity index (χ0) is 20.2. The summed E-state index contributed by atoms with van der Waals surface area (Å²) in [7, 11) is 0. The number of halogens is 1. The fraction of sp³-hybridized carbons (Fsp3) is 0.478. The molecular formula is C23H29ClN2O3S. The SMILES string of the molecule is CCOC(=O)c1c(NC(=O)C2CCCC2)sc2c1CCN(Cc1ccccc1)C2.Cl. The van der Waals surface area contributed by atoms with Crippen LogP contribution in [0, 0.1) is 5.92 Å². The maximum atomic E-state index is 12.7. The summed E-state index contributed by atoms with van der Waals surface area (Å²) in [4.78, 5) is 29.0. The Labute approximate surface area is 188 Å². The zero-order valence-electron chi connectivity index (χ0n) is 17.3. The van der Waals surface area contributed by atoms with E-state index >= 15 is 0 Å². The number of nitrogens with one attached hydrogen (secondary N) is 1. The lowest BCUT2D eigenvalue weighted by atomic mass is 10.0. The first-order valence-corrected chi connectivity index (χ1v) is 11.4. The topological polar surface area (TPSA) is 58.6 Å². The van der Waals surface area contributed by atoms with E-state index in [1.165, 1.54) is 5.56 Å². The van der Waals surface area contributed by atoms with Crippen LogP contribution in [0.5, 0.6) is 0 Å². The normalized spacial score (nSPS) is 16.6. The highest BCUT2D eigenvalue weighted by atomic mass is 35.5. The lowest BCUT2D eigenvalue weighted by Gasteiger charge is -2.27. The summed E-state index contributed by atoms with van der Waals surface area (Å²) in [5.41, 5.74) is 2.92. The molecule has 30 heavy (non-hydrogen) atoms. The second-order valence-electron chi connectivity index (χ2n) is 7.85. The fourth-order valence-electron chi connectivity index (χ4n) is 4.34. The van der Waals surface area contributed by atoms with Crippen LogP contribution in [-0.2, 0) is 29.0 Å². The minimum absolute atomic E-state index is 0. The van der Waals surface area contributed by atoms with Crippen molar-refractivity contribution in [1.29, 1.82) is 0 Å². The molecule has 1 fully saturated rings. The van der Waals surface area contributed by atoms with Crippen LogP contribution in [0.15, 0.2) is 30.3 Å². The molecule has 2 aromatic rings. The van der Waals surface area contributed by atoms with Crippen LogP contribution in [-0.4, -0.2) is 29.9 Å². The molecular weight excluding hydrogens is 420 g/mol. The molecule has 7 heteroatoms. The first kappa shape index (κ1) is 22.8. The van der Waals surface area contributed by atoms with Gasteiger partial charge in [0.2, 0.25) is 5.91 Å². The summed E-state index contributed by atoms with van der Waals surface area (Å²) in [6, 6.07) is 10.4. The number of anilines is 1. The van der Waals surface area contributed by atoms with Gasteiger partial charge in [0.1, 0.15) is 5.00 Å². The highest BCUT2D eigenvalue weighted by Gasteiger charge is 2.31. The molecule has 162 valence electrons. The van der Waals surface area contributed by atoms with Gasteiger partial charge in [0, 0.05) is 30.4 Å². The van der Waals surface area contributed by atoms with Gasteiger partial charge in [0.05, 0.1) is 12.2 Å². The third-order valence-corrected chi connectivity index (χ3v) is 6.96. The second kappa shape index (κ2) is 10.4. The average molecular weight is 449 g/mol. The van der Waals surface area contributed by atoms with E-state index in [1.807, 2.05) is 13.0 Å². The molecule has 1 aromatic heterocycles. The first-order valence-electron chi connectivity index (χ1n) is 10.5. The number of fused-ring (bicyclic) bond motifs is 1. The summed E-state index contributed by atoms with van der Waals surface area (Å²) < 4.78 is 5.33. The lowest BCUT2D eigenvalue weighted by Crippen LogP contribution is -2.30. The first-order chi connectivity index (χ1) is 14.2. The maximum absolute atomic E-state index is 12.7. The molecule has 0 unspecified atom stereocenters. The van der Waals surface area contributed by atoms with Gasteiger partial charge in [-0.05, 0) is 37.3 Å². The predicted molar refractivity (Wildman–Crippen MR) is 122 cm³/mol. The van der Waals surface area contributed by atoms with Gasteiger partial charge in [-0.1, -0.05) is 43.2 Å². The Morgan fingerprint density at radius 1 is 1.20 bits per heavy atom. The predicted octanol–water partition coefficient (Wildman–Crippen LogP) is 5.03. The molecule has 0 atom stereocenters. The van der Waals surface area contributed by atoms with E-state index in [0.29, 0.717) is 17.2 Å². The molecule has 1 aliphatic carbocycles. The van der Waals surface area contributed by atoms with Crippen molar-refractivity contribution < 1.29 is 14.3 Å². The van der Waals surface area contributed by atoms with Crippen molar-refractivity contribution in [2.45, 2.75) is 52.1 Å². The van der Waals surface area contributed by atoms with E-state index in [9.17, 15) is 9.59 Å². The van der Waals surface area contributed by atoms with Gasteiger partial charge in [-0.15, -0.1) is 23.7 Å². The van der Waals surface area contributed by atoms with Crippen LogP contribution in [0.1, 0.15) is 59.0 Å². The Bertz CT molecular complexity index is 878. The minimum Gasteiger partial charge on any atom is -0.462 e. The van der Waals surface area contributed by atoms with E-state index in [1.54, 1.807) is 11.3 Å². The maximum Gasteiger partial charge on any atom is 0.341 e. The van der Waals surface area contributed by atoms with Gasteiger partial charge in [-0.3, -0.25) is 9.69 Å². The number of rotatable bonds is 6. The average Bonchev–Trinajstić information content (AvgIpc) is 3.36. The number of benzene rings is 1. The number of esters is 1. The molecule has 4 rings (SSSR count). The summed E-state index contributed by atoms with van der Waals surface area (Å²) in [5, 5.41) is 3.75. The zero-order valence-corrected chi connectivity index (χ0v) is 18.9. The van der Waals surface area contributed by atoms with Gasteiger partial charge in [-0.25, -0.2) is 4.79 Å². The quantitative estimate of drug-likeness (QED) is 0.629. The van der Waals surface area contributed by atoms with Crippen molar-refractivity contribution >= 4 is 40.6 Å². The van der Waals surface area contributed by atoms with Gasteiger partial charge < -0.3 is 10.1 Å². The number of ether oxygens (including phenoxy) is 1. The number of nitrogens with zero attached hydrogens (tertiary/aromatic N) is 1. The Balaban J connectivity index is 0.00000256. The number of thiophene rings is 1. The van der Waals surface area contributed by atoms with Crippen molar-refractivity contribution in [3.05, 3.63) is 51.9 Å². The third kappa shape index (κ3) is 5.05. The smallest absolute Gasteiger partial charge is 0.341 e. The summed E-state index contributed by atoms with van der Waals surface area (Å²) in [5.74, 6) is -0.199. The van der Waals surface area contributed by atoms with Crippen LogP contribution in [0.25, 0.3) is 0 Å². The molecule has 1 amide bonds. The summed E-state index contributed by atoms with van der Waals surface area (Å²) in [6.07, 6.45) is 4.90. The molecule has 1 saturated carbocycles. The Morgan fingerprint density at radius 3 is 2.63 bits per heavy atom. The van der Waals surface area contributed by atoms with E-state index in [0.717, 1.165) is 62.2 Å².